The molecule has 0 aliphatic carbocycles. The highest BCUT2D eigenvalue weighted by molar-refractivity contribution is 7.89. The smallest absolute Gasteiger partial charge is 0.321 e. The third kappa shape index (κ3) is 7.00. The van der Waals surface area contributed by atoms with Crippen molar-refractivity contribution in [1.82, 2.24) is 15.4 Å². The van der Waals surface area contributed by atoms with E-state index in [9.17, 15) is 32.9 Å². The van der Waals surface area contributed by atoms with Crippen LogP contribution in [0.15, 0.2) is 23.1 Å². The van der Waals surface area contributed by atoms with Gasteiger partial charge in [0.15, 0.2) is 6.10 Å². The first kappa shape index (κ1) is 23.8. The highest BCUT2D eigenvalue weighted by atomic mass is 32.2. The summed E-state index contributed by atoms with van der Waals surface area (Å²) in [7, 11) is -2.83. The van der Waals surface area contributed by atoms with Gasteiger partial charge in [-0.05, 0) is 26.0 Å². The summed E-state index contributed by atoms with van der Waals surface area (Å²) < 4.78 is 31.2. The molecule has 0 spiro atoms. The minimum atomic E-state index is -4.27. The molecule has 0 bridgehead atoms. The number of amides is 3. The lowest BCUT2D eigenvalue weighted by Crippen LogP contribution is -2.45. The van der Waals surface area contributed by atoms with Gasteiger partial charge in [0.1, 0.15) is 12.2 Å². The molecule has 160 valence electrons. The summed E-state index contributed by atoms with van der Waals surface area (Å²) >= 11 is 0. The fraction of sp³-hybridized carbons (Fsp3) is 0.400. The number of imide groups is 1. The maximum Gasteiger partial charge on any atom is 0.321 e. The number of nitrogens with one attached hydrogen (secondary N) is 4. The number of hydrogen-bond acceptors (Lipinski definition) is 9. The van der Waals surface area contributed by atoms with Gasteiger partial charge in [-0.15, -0.1) is 0 Å². The van der Waals surface area contributed by atoms with Gasteiger partial charge < -0.3 is 15.4 Å². The average molecular weight is 431 g/mol. The second kappa shape index (κ2) is 10.3. The lowest BCUT2D eigenvalue weighted by molar-refractivity contribution is -0.384. The summed E-state index contributed by atoms with van der Waals surface area (Å²) in [6.45, 7) is 2.28. The molecule has 1 rings (SSSR count). The monoisotopic (exact) mass is 431 g/mol. The molecule has 1 atom stereocenters. The van der Waals surface area contributed by atoms with Gasteiger partial charge in [-0.3, -0.25) is 25.0 Å². The topological polar surface area (TPSA) is 186 Å². The fourth-order valence-corrected chi connectivity index (χ4v) is 2.98. The lowest BCUT2D eigenvalue weighted by atomic mass is 10.3. The van der Waals surface area contributed by atoms with Crippen LogP contribution in [0.1, 0.15) is 13.8 Å². The van der Waals surface area contributed by atoms with Crippen molar-refractivity contribution in [2.45, 2.75) is 24.8 Å². The van der Waals surface area contributed by atoms with Crippen LogP contribution >= 0.6 is 0 Å². The molecule has 1 aromatic carbocycles. The highest BCUT2D eigenvalue weighted by Crippen LogP contribution is 2.26. The van der Waals surface area contributed by atoms with E-state index in [0.29, 0.717) is 0 Å². The number of nitro groups is 1. The largest absolute Gasteiger partial charge is 0.452 e. The lowest BCUT2D eigenvalue weighted by Gasteiger charge is -2.13. The number of ether oxygens (including phenoxy) is 1. The number of urea groups is 1. The third-order valence-corrected chi connectivity index (χ3v) is 4.80. The first-order valence-electron chi connectivity index (χ1n) is 8.25. The first-order chi connectivity index (χ1) is 13.5. The van der Waals surface area contributed by atoms with E-state index in [0.717, 1.165) is 12.1 Å². The van der Waals surface area contributed by atoms with Crippen molar-refractivity contribution in [3.8, 4) is 0 Å². The average Bonchev–Trinajstić information content (AvgIpc) is 2.65. The van der Waals surface area contributed by atoms with Crippen molar-refractivity contribution in [3.63, 3.8) is 0 Å². The second-order valence-corrected chi connectivity index (χ2v) is 7.26. The Bertz CT molecular complexity index is 902. The first-order valence-corrected chi connectivity index (χ1v) is 9.74. The zero-order chi connectivity index (χ0) is 22.2. The molecule has 0 aliphatic rings. The van der Waals surface area contributed by atoms with Crippen LogP contribution in [-0.2, 0) is 24.3 Å². The molecule has 0 saturated carbocycles. The van der Waals surface area contributed by atoms with E-state index in [-0.39, 0.29) is 12.2 Å². The molecular formula is C15H21N5O8S. The number of rotatable bonds is 9. The molecule has 0 saturated heterocycles. The van der Waals surface area contributed by atoms with E-state index in [4.69, 9.17) is 4.74 Å². The molecule has 0 fully saturated rings. The van der Waals surface area contributed by atoms with Gasteiger partial charge in [0.25, 0.3) is 11.6 Å². The van der Waals surface area contributed by atoms with Crippen molar-refractivity contribution in [1.29, 1.82) is 0 Å². The quantitative estimate of drug-likeness (QED) is 0.231. The highest BCUT2D eigenvalue weighted by Gasteiger charge is 2.24. The molecule has 4 N–H and O–H groups in total. The summed E-state index contributed by atoms with van der Waals surface area (Å²) in [5.74, 6) is -1.99. The van der Waals surface area contributed by atoms with Gasteiger partial charge in [0, 0.05) is 19.7 Å². The van der Waals surface area contributed by atoms with Crippen LogP contribution in [0.4, 0.5) is 16.2 Å². The predicted molar refractivity (Wildman–Crippen MR) is 101 cm³/mol. The van der Waals surface area contributed by atoms with Crippen molar-refractivity contribution >= 4 is 39.3 Å². The number of nitrogens with zero attached hydrogens (tertiary/aromatic N) is 1. The molecule has 13 nitrogen and oxygen atoms in total. The minimum absolute atomic E-state index is 0.111. The van der Waals surface area contributed by atoms with E-state index in [1.807, 2.05) is 10.0 Å². The van der Waals surface area contributed by atoms with Crippen LogP contribution in [0.3, 0.4) is 0 Å². The summed E-state index contributed by atoms with van der Waals surface area (Å²) in [5.41, 5.74) is -0.353. The maximum absolute atomic E-state index is 12.3. The molecule has 1 aromatic rings. The molecular weight excluding hydrogens is 410 g/mol. The van der Waals surface area contributed by atoms with Crippen molar-refractivity contribution < 1.29 is 32.5 Å². The Hall–Kier alpha value is -3.26. The van der Waals surface area contributed by atoms with Crippen LogP contribution in [0, 0.1) is 10.1 Å². The van der Waals surface area contributed by atoms with Crippen LogP contribution < -0.4 is 20.7 Å². The van der Waals surface area contributed by atoms with E-state index < -0.39 is 56.1 Å². The zero-order valence-corrected chi connectivity index (χ0v) is 16.7. The molecule has 0 heterocycles. The minimum Gasteiger partial charge on any atom is -0.452 e. The van der Waals surface area contributed by atoms with Crippen LogP contribution in [0.25, 0.3) is 0 Å². The number of carbonyl (C=O) groups excluding carboxylic acids is 3. The summed E-state index contributed by atoms with van der Waals surface area (Å²) in [6, 6.07) is 2.39. The standard InChI is InChI=1S/C15H21N5O8S/c1-4-17-15(23)19-14(22)9(2)28-13(21)8-18-29(26,27)10-5-6-11(16-3)12(7-10)20(24)25/h5-7,9,16,18H,4,8H2,1-3H3,(H2,17,19,22,23). The van der Waals surface area contributed by atoms with E-state index in [2.05, 4.69) is 10.6 Å². The van der Waals surface area contributed by atoms with Gasteiger partial charge in [-0.1, -0.05) is 0 Å². The molecule has 0 aromatic heterocycles. The molecule has 0 aliphatic heterocycles. The van der Waals surface area contributed by atoms with E-state index in [1.54, 1.807) is 6.92 Å². The predicted octanol–water partition coefficient (Wildman–Crippen LogP) is -0.308. The van der Waals surface area contributed by atoms with Gasteiger partial charge in [-0.25, -0.2) is 13.2 Å². The summed E-state index contributed by atoms with van der Waals surface area (Å²) in [4.78, 5) is 44.6. The Kier molecular flexibility index (Phi) is 8.47. The van der Waals surface area contributed by atoms with Gasteiger partial charge >= 0.3 is 12.0 Å². The van der Waals surface area contributed by atoms with Crippen molar-refractivity contribution in [2.75, 3.05) is 25.5 Å². The van der Waals surface area contributed by atoms with Crippen molar-refractivity contribution in [3.05, 3.63) is 28.3 Å². The van der Waals surface area contributed by atoms with Crippen LogP contribution in [0.5, 0.6) is 0 Å². The van der Waals surface area contributed by atoms with E-state index in [1.165, 1.54) is 20.0 Å². The van der Waals surface area contributed by atoms with Crippen LogP contribution in [-0.4, -0.2) is 57.5 Å². The number of esters is 1. The fourth-order valence-electron chi connectivity index (χ4n) is 1.99. The molecule has 14 heteroatoms. The maximum atomic E-state index is 12.3. The van der Waals surface area contributed by atoms with Crippen LogP contribution in [0.2, 0.25) is 0 Å². The number of sulfonamides is 1. The third-order valence-electron chi connectivity index (χ3n) is 3.40. The van der Waals surface area contributed by atoms with E-state index >= 15 is 0 Å². The Morgan fingerprint density at radius 3 is 2.48 bits per heavy atom. The number of nitro benzene ring substituents is 1. The van der Waals surface area contributed by atoms with Gasteiger partial charge in [-0.2, -0.15) is 4.72 Å². The number of carbonyl (C=O) groups is 3. The summed E-state index contributed by atoms with van der Waals surface area (Å²) in [6.07, 6.45) is -1.36. The van der Waals surface area contributed by atoms with Gasteiger partial charge in [0.05, 0.1) is 9.82 Å². The summed E-state index contributed by atoms with van der Waals surface area (Å²) in [5, 5.41) is 17.9. The molecule has 29 heavy (non-hydrogen) atoms. The Morgan fingerprint density at radius 2 is 1.93 bits per heavy atom. The number of hydrogen-bond donors (Lipinski definition) is 4. The number of benzene rings is 1. The normalized spacial score (nSPS) is 11.8. The Balaban J connectivity index is 2.73. The number of anilines is 1. The molecule has 1 unspecified atom stereocenters. The Labute approximate surface area is 166 Å². The van der Waals surface area contributed by atoms with Crippen molar-refractivity contribution in [2.24, 2.45) is 0 Å². The Morgan fingerprint density at radius 1 is 1.28 bits per heavy atom. The molecule has 0 radical (unpaired) electrons. The second-order valence-electron chi connectivity index (χ2n) is 5.49. The zero-order valence-electron chi connectivity index (χ0n) is 15.8. The SMILES string of the molecule is CCNC(=O)NC(=O)C(C)OC(=O)CNS(=O)(=O)c1ccc(NC)c([N+](=O)[O-])c1. The van der Waals surface area contributed by atoms with Gasteiger partial charge in [0.2, 0.25) is 10.0 Å². The molecule has 3 amide bonds.